The lowest BCUT2D eigenvalue weighted by atomic mass is 9.75. The maximum atomic E-state index is 13.6. The van der Waals surface area contributed by atoms with E-state index in [0.717, 1.165) is 59.2 Å². The average molecular weight is 442 g/mol. The van der Waals surface area contributed by atoms with Crippen molar-refractivity contribution in [2.24, 2.45) is 0 Å². The van der Waals surface area contributed by atoms with Gasteiger partial charge in [-0.25, -0.2) is 4.98 Å². The molecule has 1 saturated heterocycles. The zero-order chi connectivity index (χ0) is 20.9. The second-order valence-electron chi connectivity index (χ2n) is 8.05. The van der Waals surface area contributed by atoms with Crippen LogP contribution in [-0.2, 0) is 23.3 Å². The summed E-state index contributed by atoms with van der Waals surface area (Å²) in [4.78, 5) is 26.8. The predicted octanol–water partition coefficient (Wildman–Crippen LogP) is 3.57. The van der Waals surface area contributed by atoms with Crippen LogP contribution in [0, 0.1) is 0 Å². The third-order valence-corrected chi connectivity index (χ3v) is 7.21. The third kappa shape index (κ3) is 3.02. The van der Waals surface area contributed by atoms with E-state index in [1.54, 1.807) is 6.20 Å². The highest BCUT2D eigenvalue weighted by Gasteiger charge is 2.57. The second kappa shape index (κ2) is 7.55. The zero-order valence-corrected chi connectivity index (χ0v) is 18.7. The predicted molar refractivity (Wildman–Crippen MR) is 122 cm³/mol. The Kier molecular flexibility index (Phi) is 5.00. The molecular formula is C22H24ClN5OS. The van der Waals surface area contributed by atoms with Crippen molar-refractivity contribution in [1.82, 2.24) is 19.4 Å². The molecule has 0 unspecified atom stereocenters. The number of nitrogens with zero attached hydrogens (tertiary/aromatic N) is 5. The molecule has 1 spiro atoms. The number of pyridine rings is 1. The highest BCUT2D eigenvalue weighted by Crippen LogP contribution is 2.47. The monoisotopic (exact) mass is 441 g/mol. The summed E-state index contributed by atoms with van der Waals surface area (Å²) in [7, 11) is 2.05. The van der Waals surface area contributed by atoms with Gasteiger partial charge in [0.05, 0.1) is 29.5 Å². The molecule has 2 aromatic heterocycles. The van der Waals surface area contributed by atoms with Crippen LogP contribution in [0.25, 0.3) is 11.0 Å². The molecule has 0 saturated carbocycles. The number of halogens is 1. The van der Waals surface area contributed by atoms with Gasteiger partial charge < -0.3 is 14.4 Å². The third-order valence-electron chi connectivity index (χ3n) is 6.09. The van der Waals surface area contributed by atoms with E-state index in [1.807, 2.05) is 47.1 Å². The van der Waals surface area contributed by atoms with Crippen LogP contribution < -0.4 is 4.90 Å². The second-order valence-corrected chi connectivity index (χ2v) is 9.88. The number of aromatic nitrogens is 3. The van der Waals surface area contributed by atoms with Gasteiger partial charge in [-0.2, -0.15) is 11.8 Å². The highest BCUT2D eigenvalue weighted by molar-refractivity contribution is 7.99. The number of aryl methyl sites for hydroxylation is 1. The minimum Gasteiger partial charge on any atom is -0.326 e. The minimum absolute atomic E-state index is 0.156. The van der Waals surface area contributed by atoms with Gasteiger partial charge in [-0.15, -0.1) is 0 Å². The lowest BCUT2D eigenvalue weighted by molar-refractivity contribution is -0.128. The molecule has 1 aromatic carbocycles. The summed E-state index contributed by atoms with van der Waals surface area (Å²) in [5, 5.41) is 0.671. The largest absolute Gasteiger partial charge is 0.326 e. The maximum Gasteiger partial charge on any atom is 0.240 e. The number of likely N-dealkylation sites (tertiary alicyclic amines) is 1. The molecule has 1 amide bonds. The van der Waals surface area contributed by atoms with Gasteiger partial charge in [0.2, 0.25) is 5.91 Å². The van der Waals surface area contributed by atoms with Crippen LogP contribution in [0.15, 0.2) is 36.7 Å². The first-order valence-electron chi connectivity index (χ1n) is 10.2. The summed E-state index contributed by atoms with van der Waals surface area (Å²) >= 11 is 8.11. The van der Waals surface area contributed by atoms with Gasteiger partial charge in [0.15, 0.2) is 0 Å². The van der Waals surface area contributed by atoms with Gasteiger partial charge in [-0.05, 0) is 42.6 Å². The van der Waals surface area contributed by atoms with E-state index in [2.05, 4.69) is 28.4 Å². The van der Waals surface area contributed by atoms with Crippen LogP contribution in [0.2, 0.25) is 5.02 Å². The molecule has 0 bridgehead atoms. The standard InChI is InChI=1S/C22H24ClN5OS/c1-3-30-9-8-27-18-5-4-15(23)10-17(18)25-20(27)12-28-19-11-24-7-6-16(19)22(21(28)29)13-26(2)14-22/h4-7,10-11H,3,8-9,12-14H2,1-2H3. The zero-order valence-electron chi connectivity index (χ0n) is 17.1. The van der Waals surface area contributed by atoms with E-state index in [1.165, 1.54) is 0 Å². The molecule has 30 heavy (non-hydrogen) atoms. The molecular weight excluding hydrogens is 418 g/mol. The summed E-state index contributed by atoms with van der Waals surface area (Å²) < 4.78 is 2.23. The number of imidazole rings is 1. The molecule has 156 valence electrons. The number of likely N-dealkylation sites (N-methyl/N-ethyl adjacent to an activating group) is 1. The Bertz CT molecular complexity index is 1120. The number of fused-ring (bicyclic) bond motifs is 3. The van der Waals surface area contributed by atoms with Crippen molar-refractivity contribution in [3.8, 4) is 0 Å². The number of hydrogen-bond acceptors (Lipinski definition) is 5. The number of amides is 1. The molecule has 0 atom stereocenters. The highest BCUT2D eigenvalue weighted by atomic mass is 35.5. The summed E-state index contributed by atoms with van der Waals surface area (Å²) in [6, 6.07) is 7.82. The molecule has 3 aromatic rings. The first kappa shape index (κ1) is 19.8. The summed E-state index contributed by atoms with van der Waals surface area (Å²) in [5.41, 5.74) is 3.49. The summed E-state index contributed by atoms with van der Waals surface area (Å²) in [6.45, 7) is 4.95. The lowest BCUT2D eigenvalue weighted by Gasteiger charge is -2.44. The Morgan fingerprint density at radius 3 is 2.87 bits per heavy atom. The van der Waals surface area contributed by atoms with E-state index >= 15 is 0 Å². The van der Waals surface area contributed by atoms with Gasteiger partial charge in [0.1, 0.15) is 11.2 Å². The van der Waals surface area contributed by atoms with Gasteiger partial charge in [-0.1, -0.05) is 18.5 Å². The molecule has 1 fully saturated rings. The smallest absolute Gasteiger partial charge is 0.240 e. The number of carbonyl (C=O) groups excluding carboxylic acids is 1. The lowest BCUT2D eigenvalue weighted by Crippen LogP contribution is -2.62. The molecule has 5 rings (SSSR count). The normalized spacial score (nSPS) is 17.7. The van der Waals surface area contributed by atoms with Gasteiger partial charge >= 0.3 is 0 Å². The van der Waals surface area contributed by atoms with E-state index in [4.69, 9.17) is 16.6 Å². The number of carbonyl (C=O) groups is 1. The molecule has 0 N–H and O–H groups in total. The molecule has 2 aliphatic heterocycles. The molecule has 4 heterocycles. The number of rotatable bonds is 6. The summed E-state index contributed by atoms with van der Waals surface area (Å²) in [5.74, 6) is 3.12. The molecule has 0 aliphatic carbocycles. The van der Waals surface area contributed by atoms with Gasteiger partial charge in [-0.3, -0.25) is 9.78 Å². The fourth-order valence-electron chi connectivity index (χ4n) is 4.79. The van der Waals surface area contributed by atoms with Crippen molar-refractivity contribution in [3.63, 3.8) is 0 Å². The minimum atomic E-state index is -0.439. The van der Waals surface area contributed by atoms with Crippen molar-refractivity contribution in [2.75, 3.05) is 36.5 Å². The van der Waals surface area contributed by atoms with Crippen LogP contribution in [0.3, 0.4) is 0 Å². The number of thioether (sulfide) groups is 1. The Morgan fingerprint density at radius 1 is 1.27 bits per heavy atom. The van der Waals surface area contributed by atoms with Gasteiger partial charge in [0, 0.05) is 36.6 Å². The first-order chi connectivity index (χ1) is 14.5. The van der Waals surface area contributed by atoms with E-state index < -0.39 is 5.41 Å². The molecule has 6 nitrogen and oxygen atoms in total. The fraction of sp³-hybridized carbons (Fsp3) is 0.409. The van der Waals surface area contributed by atoms with Crippen molar-refractivity contribution < 1.29 is 4.79 Å². The molecule has 0 radical (unpaired) electrons. The number of hydrogen-bond donors (Lipinski definition) is 0. The van der Waals surface area contributed by atoms with Crippen LogP contribution in [-0.4, -0.2) is 57.0 Å². The van der Waals surface area contributed by atoms with Crippen LogP contribution in [0.1, 0.15) is 18.3 Å². The van der Waals surface area contributed by atoms with E-state index in [-0.39, 0.29) is 5.91 Å². The fourth-order valence-corrected chi connectivity index (χ4v) is 5.56. The van der Waals surface area contributed by atoms with Crippen molar-refractivity contribution in [2.45, 2.75) is 25.4 Å². The van der Waals surface area contributed by atoms with E-state index in [9.17, 15) is 4.79 Å². The SMILES string of the molecule is CCSCCn1c(CN2C(=O)C3(CN(C)C3)c3ccncc32)nc2cc(Cl)ccc21. The Hall–Kier alpha value is -2.09. The van der Waals surface area contributed by atoms with Crippen LogP contribution >= 0.6 is 23.4 Å². The van der Waals surface area contributed by atoms with Crippen molar-refractivity contribution in [1.29, 1.82) is 0 Å². The number of benzene rings is 1. The van der Waals surface area contributed by atoms with Crippen molar-refractivity contribution >= 4 is 46.0 Å². The molecule has 2 aliphatic rings. The quantitative estimate of drug-likeness (QED) is 0.547. The summed E-state index contributed by atoms with van der Waals surface area (Å²) in [6.07, 6.45) is 3.60. The Morgan fingerprint density at radius 2 is 2.10 bits per heavy atom. The topological polar surface area (TPSA) is 54.3 Å². The van der Waals surface area contributed by atoms with Crippen LogP contribution in [0.5, 0.6) is 0 Å². The molecule has 8 heteroatoms. The average Bonchev–Trinajstić information content (AvgIpc) is 3.16. The van der Waals surface area contributed by atoms with Crippen LogP contribution in [0.4, 0.5) is 5.69 Å². The Labute approximate surface area is 185 Å². The van der Waals surface area contributed by atoms with Gasteiger partial charge in [0.25, 0.3) is 0 Å². The Balaban J connectivity index is 1.54. The van der Waals surface area contributed by atoms with E-state index in [0.29, 0.717) is 11.6 Å². The first-order valence-corrected chi connectivity index (χ1v) is 11.7. The number of anilines is 1. The maximum absolute atomic E-state index is 13.6. The van der Waals surface area contributed by atoms with Crippen molar-refractivity contribution in [3.05, 3.63) is 53.1 Å².